The van der Waals surface area contributed by atoms with E-state index in [9.17, 15) is 0 Å². The summed E-state index contributed by atoms with van der Waals surface area (Å²) in [6, 6.07) is 10.2. The molecule has 5 heteroatoms. The summed E-state index contributed by atoms with van der Waals surface area (Å²) in [5, 5.41) is 6.69. The van der Waals surface area contributed by atoms with E-state index in [1.807, 2.05) is 18.2 Å². The second-order valence-electron chi connectivity index (χ2n) is 6.76. The number of hydrogen-bond donors (Lipinski definition) is 2. The number of methoxy groups -OCH3 is 1. The van der Waals surface area contributed by atoms with Crippen LogP contribution >= 0.6 is 0 Å². The second-order valence-corrected chi connectivity index (χ2v) is 6.76. The van der Waals surface area contributed by atoms with E-state index in [1.54, 1.807) is 7.11 Å². The highest BCUT2D eigenvalue weighted by atomic mass is 16.5. The molecule has 1 aliphatic carbocycles. The lowest BCUT2D eigenvalue weighted by atomic mass is 9.67. The standard InChI is InChI=1S/C20H33N3O2/c1-3-21-19(23-17-20(10-7-11-20)12-14-24-2)22-13-15-25-16-18-8-5-4-6-9-18/h4-6,8-9H,3,7,10-17H2,1-2H3,(H2,21,22,23). The molecule has 1 fully saturated rings. The fourth-order valence-electron chi connectivity index (χ4n) is 3.08. The van der Waals surface area contributed by atoms with Crippen LogP contribution in [0.25, 0.3) is 0 Å². The van der Waals surface area contributed by atoms with E-state index in [4.69, 9.17) is 14.5 Å². The van der Waals surface area contributed by atoms with E-state index >= 15 is 0 Å². The fourth-order valence-corrected chi connectivity index (χ4v) is 3.08. The van der Waals surface area contributed by atoms with Crippen molar-refractivity contribution in [1.29, 1.82) is 0 Å². The zero-order valence-corrected chi connectivity index (χ0v) is 15.7. The van der Waals surface area contributed by atoms with E-state index in [0.29, 0.717) is 18.6 Å². The van der Waals surface area contributed by atoms with Crippen molar-refractivity contribution in [2.24, 2.45) is 10.4 Å². The molecule has 0 aliphatic heterocycles. The lowest BCUT2D eigenvalue weighted by Crippen LogP contribution is -2.41. The molecule has 0 spiro atoms. The van der Waals surface area contributed by atoms with E-state index in [2.05, 4.69) is 29.7 Å². The Bertz CT molecular complexity index is 501. The maximum Gasteiger partial charge on any atom is 0.191 e. The number of hydrogen-bond acceptors (Lipinski definition) is 3. The Balaban J connectivity index is 1.70. The Morgan fingerprint density at radius 3 is 2.60 bits per heavy atom. The van der Waals surface area contributed by atoms with Gasteiger partial charge in [0.1, 0.15) is 0 Å². The Morgan fingerprint density at radius 1 is 1.16 bits per heavy atom. The van der Waals surface area contributed by atoms with E-state index in [-0.39, 0.29) is 0 Å². The van der Waals surface area contributed by atoms with Crippen LogP contribution in [0, 0.1) is 5.41 Å². The van der Waals surface area contributed by atoms with Crippen LogP contribution in [0.4, 0.5) is 0 Å². The molecule has 2 N–H and O–H groups in total. The van der Waals surface area contributed by atoms with Gasteiger partial charge in [-0.2, -0.15) is 0 Å². The second kappa shape index (κ2) is 11.1. The maximum absolute atomic E-state index is 5.72. The summed E-state index contributed by atoms with van der Waals surface area (Å²) in [7, 11) is 1.77. The van der Waals surface area contributed by atoms with E-state index in [0.717, 1.165) is 38.6 Å². The van der Waals surface area contributed by atoms with Crippen LogP contribution in [0.1, 0.15) is 38.2 Å². The average Bonchev–Trinajstić information content (AvgIpc) is 2.61. The molecule has 140 valence electrons. The molecule has 0 radical (unpaired) electrons. The van der Waals surface area contributed by atoms with Gasteiger partial charge in [-0.05, 0) is 37.2 Å². The lowest BCUT2D eigenvalue weighted by molar-refractivity contribution is 0.0778. The third-order valence-corrected chi connectivity index (χ3v) is 4.82. The van der Waals surface area contributed by atoms with Crippen molar-refractivity contribution in [1.82, 2.24) is 10.6 Å². The van der Waals surface area contributed by atoms with Crippen LogP contribution in [0.3, 0.4) is 0 Å². The molecule has 0 saturated heterocycles. The van der Waals surface area contributed by atoms with Crippen molar-refractivity contribution in [2.75, 3.05) is 40.0 Å². The highest BCUT2D eigenvalue weighted by Crippen LogP contribution is 2.44. The van der Waals surface area contributed by atoms with Gasteiger partial charge < -0.3 is 20.1 Å². The molecule has 0 atom stereocenters. The van der Waals surface area contributed by atoms with Gasteiger partial charge >= 0.3 is 0 Å². The zero-order valence-electron chi connectivity index (χ0n) is 15.7. The van der Waals surface area contributed by atoms with Gasteiger partial charge in [-0.3, -0.25) is 4.99 Å². The molecule has 1 aromatic rings. The molecular formula is C20H33N3O2. The lowest BCUT2D eigenvalue weighted by Gasteiger charge is -2.40. The first-order valence-corrected chi connectivity index (χ1v) is 9.41. The normalized spacial score (nSPS) is 16.3. The van der Waals surface area contributed by atoms with Crippen LogP contribution in [0.15, 0.2) is 35.3 Å². The summed E-state index contributed by atoms with van der Waals surface area (Å²) in [6.07, 6.45) is 4.95. The van der Waals surface area contributed by atoms with Gasteiger partial charge in [0, 0.05) is 33.4 Å². The average molecular weight is 348 g/mol. The summed E-state index contributed by atoms with van der Waals surface area (Å²) in [4.78, 5) is 4.80. The summed E-state index contributed by atoms with van der Waals surface area (Å²) in [6.45, 7) is 6.71. The molecule has 0 amide bonds. The molecule has 0 bridgehead atoms. The van der Waals surface area contributed by atoms with Gasteiger partial charge in [0.05, 0.1) is 13.2 Å². The molecular weight excluding hydrogens is 314 g/mol. The molecule has 5 nitrogen and oxygen atoms in total. The minimum Gasteiger partial charge on any atom is -0.385 e. The number of nitrogens with one attached hydrogen (secondary N) is 2. The van der Waals surface area contributed by atoms with Crippen LogP contribution < -0.4 is 10.6 Å². The molecule has 1 saturated carbocycles. The van der Waals surface area contributed by atoms with Crippen LogP contribution in [0.5, 0.6) is 0 Å². The van der Waals surface area contributed by atoms with Crippen molar-refractivity contribution >= 4 is 5.96 Å². The number of guanidine groups is 1. The van der Waals surface area contributed by atoms with Crippen molar-refractivity contribution < 1.29 is 9.47 Å². The quantitative estimate of drug-likeness (QED) is 0.367. The minimum atomic E-state index is 0.349. The monoisotopic (exact) mass is 347 g/mol. The molecule has 1 aliphatic rings. The zero-order chi connectivity index (χ0) is 17.8. The Kier molecular flexibility index (Phi) is 8.77. The SMILES string of the molecule is CCNC(=NCC1(CCOC)CCC1)NCCOCc1ccccc1. The predicted molar refractivity (Wildman–Crippen MR) is 103 cm³/mol. The molecule has 25 heavy (non-hydrogen) atoms. The fraction of sp³-hybridized carbons (Fsp3) is 0.650. The molecule has 0 heterocycles. The van der Waals surface area contributed by atoms with Crippen molar-refractivity contribution in [3.05, 3.63) is 35.9 Å². The van der Waals surface area contributed by atoms with Gasteiger partial charge in [-0.1, -0.05) is 36.8 Å². The van der Waals surface area contributed by atoms with E-state index < -0.39 is 0 Å². The van der Waals surface area contributed by atoms with Crippen molar-refractivity contribution in [2.45, 2.75) is 39.2 Å². The largest absolute Gasteiger partial charge is 0.385 e. The number of ether oxygens (including phenoxy) is 2. The van der Waals surface area contributed by atoms with Crippen LogP contribution in [-0.4, -0.2) is 45.9 Å². The van der Waals surface area contributed by atoms with Crippen molar-refractivity contribution in [3.63, 3.8) is 0 Å². The number of benzene rings is 1. The first kappa shape index (κ1) is 19.7. The third kappa shape index (κ3) is 7.04. The van der Waals surface area contributed by atoms with Gasteiger partial charge in [-0.25, -0.2) is 0 Å². The number of aliphatic imine (C=N–C) groups is 1. The summed E-state index contributed by atoms with van der Waals surface area (Å²) >= 11 is 0. The van der Waals surface area contributed by atoms with E-state index in [1.165, 1.54) is 24.8 Å². The van der Waals surface area contributed by atoms with Gasteiger partial charge in [0.15, 0.2) is 5.96 Å². The maximum atomic E-state index is 5.72. The topological polar surface area (TPSA) is 54.9 Å². The van der Waals surface area contributed by atoms with Crippen LogP contribution in [0.2, 0.25) is 0 Å². The highest BCUT2D eigenvalue weighted by Gasteiger charge is 2.36. The highest BCUT2D eigenvalue weighted by molar-refractivity contribution is 5.79. The first-order valence-electron chi connectivity index (χ1n) is 9.41. The minimum absolute atomic E-state index is 0.349. The van der Waals surface area contributed by atoms with Gasteiger partial charge in [0.25, 0.3) is 0 Å². The first-order chi connectivity index (χ1) is 12.3. The smallest absolute Gasteiger partial charge is 0.191 e. The van der Waals surface area contributed by atoms with Crippen molar-refractivity contribution in [3.8, 4) is 0 Å². The Labute approximate surface area is 152 Å². The summed E-state index contributed by atoms with van der Waals surface area (Å²) in [5.41, 5.74) is 1.55. The number of rotatable bonds is 11. The molecule has 2 rings (SSSR count). The van der Waals surface area contributed by atoms with Crippen LogP contribution in [-0.2, 0) is 16.1 Å². The summed E-state index contributed by atoms with van der Waals surface area (Å²) in [5.74, 6) is 0.884. The predicted octanol–water partition coefficient (Wildman–Crippen LogP) is 2.97. The summed E-state index contributed by atoms with van der Waals surface area (Å²) < 4.78 is 11.0. The Hall–Kier alpha value is -1.59. The molecule has 0 aromatic heterocycles. The molecule has 1 aromatic carbocycles. The molecule has 0 unspecified atom stereocenters. The van der Waals surface area contributed by atoms with Gasteiger partial charge in [-0.15, -0.1) is 0 Å². The van der Waals surface area contributed by atoms with Gasteiger partial charge in [0.2, 0.25) is 0 Å². The Morgan fingerprint density at radius 2 is 1.96 bits per heavy atom. The third-order valence-electron chi connectivity index (χ3n) is 4.82. The number of nitrogens with zero attached hydrogens (tertiary/aromatic N) is 1.